The number of rotatable bonds is 3. The van der Waals surface area contributed by atoms with E-state index in [-0.39, 0.29) is 34.9 Å². The molecule has 0 aliphatic carbocycles. The smallest absolute Gasteiger partial charge is 0.293 e. The number of aryl methyl sites for hydroxylation is 1. The number of benzene rings is 1. The Kier molecular flexibility index (Phi) is 4.65. The van der Waals surface area contributed by atoms with Gasteiger partial charge in [-0.05, 0) is 44.2 Å². The van der Waals surface area contributed by atoms with Gasteiger partial charge in [0.15, 0.2) is 0 Å². The van der Waals surface area contributed by atoms with Crippen molar-refractivity contribution in [2.75, 3.05) is 18.8 Å². The van der Waals surface area contributed by atoms with Crippen molar-refractivity contribution in [1.29, 1.82) is 0 Å². The van der Waals surface area contributed by atoms with Gasteiger partial charge in [-0.3, -0.25) is 14.9 Å². The van der Waals surface area contributed by atoms with Gasteiger partial charge in [0.25, 0.3) is 11.6 Å². The Morgan fingerprint density at radius 1 is 1.45 bits per heavy atom. The van der Waals surface area contributed by atoms with E-state index in [0.717, 1.165) is 12.8 Å². The predicted octanol–water partition coefficient (Wildman–Crippen LogP) is 1.72. The van der Waals surface area contributed by atoms with Crippen molar-refractivity contribution in [1.82, 2.24) is 4.90 Å². The lowest BCUT2D eigenvalue weighted by Crippen LogP contribution is -2.41. The zero-order chi connectivity index (χ0) is 16.4. The van der Waals surface area contributed by atoms with Gasteiger partial charge in [-0.15, -0.1) is 0 Å². The van der Waals surface area contributed by atoms with Crippen molar-refractivity contribution in [2.45, 2.75) is 32.8 Å². The molecule has 22 heavy (non-hydrogen) atoms. The molecule has 0 bridgehead atoms. The van der Waals surface area contributed by atoms with E-state index in [0.29, 0.717) is 18.7 Å². The minimum absolute atomic E-state index is 0.0850. The second-order valence-electron chi connectivity index (χ2n) is 5.87. The molecule has 1 heterocycles. The molecule has 2 rings (SSSR count). The summed E-state index contributed by atoms with van der Waals surface area (Å²) >= 11 is 0. The third-order valence-corrected chi connectivity index (χ3v) is 4.24. The minimum Gasteiger partial charge on any atom is -0.393 e. The first-order valence-corrected chi connectivity index (χ1v) is 7.33. The van der Waals surface area contributed by atoms with Crippen molar-refractivity contribution in [3.05, 3.63) is 33.4 Å². The summed E-state index contributed by atoms with van der Waals surface area (Å²) in [6, 6.07) is 2.96. The number of anilines is 1. The molecule has 1 aliphatic heterocycles. The second-order valence-corrected chi connectivity index (χ2v) is 5.87. The van der Waals surface area contributed by atoms with Crippen molar-refractivity contribution >= 4 is 17.3 Å². The highest BCUT2D eigenvalue weighted by Crippen LogP contribution is 2.29. The molecule has 0 spiro atoms. The first-order valence-electron chi connectivity index (χ1n) is 7.33. The third-order valence-electron chi connectivity index (χ3n) is 4.24. The van der Waals surface area contributed by atoms with Gasteiger partial charge in [0.1, 0.15) is 5.69 Å². The molecule has 120 valence electrons. The molecular formula is C15H21N3O4. The van der Waals surface area contributed by atoms with E-state index in [4.69, 9.17) is 5.73 Å². The van der Waals surface area contributed by atoms with Crippen LogP contribution in [0, 0.1) is 23.0 Å². The molecule has 7 nitrogen and oxygen atoms in total. The fourth-order valence-corrected chi connectivity index (χ4v) is 2.86. The van der Waals surface area contributed by atoms with Crippen LogP contribution in [-0.4, -0.2) is 40.0 Å². The number of carbonyl (C=O) groups is 1. The van der Waals surface area contributed by atoms with Gasteiger partial charge in [0.2, 0.25) is 0 Å². The average Bonchev–Trinajstić information content (AvgIpc) is 2.48. The molecule has 1 fully saturated rings. The van der Waals surface area contributed by atoms with Crippen LogP contribution in [-0.2, 0) is 0 Å². The van der Waals surface area contributed by atoms with Gasteiger partial charge in [-0.25, -0.2) is 0 Å². The van der Waals surface area contributed by atoms with Gasteiger partial charge in [-0.1, -0.05) is 0 Å². The number of nitrogens with two attached hydrogens (primary N) is 1. The third kappa shape index (κ3) is 3.19. The molecule has 0 saturated carbocycles. The molecule has 1 aliphatic rings. The quantitative estimate of drug-likeness (QED) is 0.502. The number of piperidine rings is 1. The Balaban J connectivity index is 2.22. The maximum Gasteiger partial charge on any atom is 0.293 e. The van der Waals surface area contributed by atoms with Crippen LogP contribution < -0.4 is 5.73 Å². The highest BCUT2D eigenvalue weighted by molar-refractivity contribution is 6.01. The Bertz CT molecular complexity index is 593. The number of nitrogen functional groups attached to an aromatic ring is 1. The topological polar surface area (TPSA) is 110 Å². The number of aliphatic hydroxyl groups excluding tert-OH is 1. The maximum atomic E-state index is 12.6. The molecule has 3 N–H and O–H groups in total. The summed E-state index contributed by atoms with van der Waals surface area (Å²) in [6.07, 6.45) is 1.05. The van der Waals surface area contributed by atoms with Crippen molar-refractivity contribution in [3.8, 4) is 0 Å². The summed E-state index contributed by atoms with van der Waals surface area (Å²) < 4.78 is 0. The zero-order valence-corrected chi connectivity index (χ0v) is 12.8. The molecule has 1 unspecified atom stereocenters. The van der Waals surface area contributed by atoms with Crippen LogP contribution in [0.25, 0.3) is 0 Å². The van der Waals surface area contributed by atoms with E-state index in [1.54, 1.807) is 24.8 Å². The van der Waals surface area contributed by atoms with E-state index < -0.39 is 4.92 Å². The Morgan fingerprint density at radius 3 is 2.55 bits per heavy atom. The summed E-state index contributed by atoms with van der Waals surface area (Å²) in [4.78, 5) is 24.7. The molecule has 1 amide bonds. The van der Waals surface area contributed by atoms with Crippen LogP contribution >= 0.6 is 0 Å². The molecule has 0 aromatic heterocycles. The lowest BCUT2D eigenvalue weighted by atomic mass is 9.91. The van der Waals surface area contributed by atoms with E-state index >= 15 is 0 Å². The van der Waals surface area contributed by atoms with Crippen molar-refractivity contribution < 1.29 is 14.8 Å². The Morgan fingerprint density at radius 2 is 2.05 bits per heavy atom. The number of nitrogens with zero attached hydrogens (tertiary/aromatic N) is 2. The van der Waals surface area contributed by atoms with E-state index in [9.17, 15) is 20.0 Å². The van der Waals surface area contributed by atoms with Crippen molar-refractivity contribution in [2.24, 2.45) is 5.92 Å². The molecule has 7 heteroatoms. The summed E-state index contributed by atoms with van der Waals surface area (Å²) in [7, 11) is 0. The first-order chi connectivity index (χ1) is 10.3. The monoisotopic (exact) mass is 307 g/mol. The number of nitro groups is 1. The molecule has 1 atom stereocenters. The summed E-state index contributed by atoms with van der Waals surface area (Å²) in [5, 5.41) is 20.6. The highest BCUT2D eigenvalue weighted by Gasteiger charge is 2.29. The van der Waals surface area contributed by atoms with Crippen LogP contribution in [0.1, 0.15) is 35.7 Å². The zero-order valence-electron chi connectivity index (χ0n) is 12.8. The van der Waals surface area contributed by atoms with Crippen LogP contribution in [0.5, 0.6) is 0 Å². The van der Waals surface area contributed by atoms with E-state index in [2.05, 4.69) is 0 Å². The number of carbonyl (C=O) groups excluding carboxylic acids is 1. The second kappa shape index (κ2) is 6.31. The van der Waals surface area contributed by atoms with E-state index in [1.165, 1.54) is 6.07 Å². The van der Waals surface area contributed by atoms with Crippen LogP contribution in [0.15, 0.2) is 12.1 Å². The van der Waals surface area contributed by atoms with Crippen LogP contribution in [0.4, 0.5) is 11.4 Å². The number of likely N-dealkylation sites (tertiary alicyclic amines) is 1. The van der Waals surface area contributed by atoms with Crippen LogP contribution in [0.2, 0.25) is 0 Å². The number of hydrogen-bond donors (Lipinski definition) is 2. The SMILES string of the molecule is Cc1cc(C(=O)N2CCC(C(C)O)CC2)c(N)c([N+](=O)[O-])c1. The largest absolute Gasteiger partial charge is 0.393 e. The maximum absolute atomic E-state index is 12.6. The standard InChI is InChI=1S/C15H21N3O4/c1-9-7-12(14(16)13(8-9)18(21)22)15(20)17-5-3-11(4-6-17)10(2)19/h7-8,10-11,19H,3-6,16H2,1-2H3. The highest BCUT2D eigenvalue weighted by atomic mass is 16.6. The van der Waals surface area contributed by atoms with Gasteiger partial charge < -0.3 is 15.7 Å². The average molecular weight is 307 g/mol. The summed E-state index contributed by atoms with van der Waals surface area (Å²) in [6.45, 7) is 4.50. The van der Waals surface area contributed by atoms with Crippen molar-refractivity contribution in [3.63, 3.8) is 0 Å². The normalized spacial score (nSPS) is 17.3. The number of nitro benzene ring substituents is 1. The lowest BCUT2D eigenvalue weighted by molar-refractivity contribution is -0.384. The number of aliphatic hydroxyl groups is 1. The van der Waals surface area contributed by atoms with E-state index in [1.807, 2.05) is 0 Å². The van der Waals surface area contributed by atoms with Gasteiger partial charge >= 0.3 is 0 Å². The number of hydrogen-bond acceptors (Lipinski definition) is 5. The lowest BCUT2D eigenvalue weighted by Gasteiger charge is -2.33. The van der Waals surface area contributed by atoms with Crippen LogP contribution in [0.3, 0.4) is 0 Å². The minimum atomic E-state index is -0.571. The summed E-state index contributed by atoms with van der Waals surface area (Å²) in [5.41, 5.74) is 6.30. The molecule has 1 saturated heterocycles. The molecule has 0 radical (unpaired) electrons. The fraction of sp³-hybridized carbons (Fsp3) is 0.533. The first kappa shape index (κ1) is 16.2. The summed E-state index contributed by atoms with van der Waals surface area (Å²) in [5.74, 6) is -0.0958. The van der Waals surface area contributed by atoms with Gasteiger partial charge in [0, 0.05) is 19.2 Å². The van der Waals surface area contributed by atoms with Gasteiger partial charge in [0.05, 0.1) is 16.6 Å². The molecule has 1 aromatic rings. The molecular weight excluding hydrogens is 286 g/mol. The Hall–Kier alpha value is -2.15. The number of amides is 1. The fourth-order valence-electron chi connectivity index (χ4n) is 2.86. The predicted molar refractivity (Wildman–Crippen MR) is 82.6 cm³/mol. The molecule has 1 aromatic carbocycles. The Labute approximate surface area is 128 Å². The van der Waals surface area contributed by atoms with Gasteiger partial charge in [-0.2, -0.15) is 0 Å².